The molecule has 7 heteroatoms. The molecule has 0 radical (unpaired) electrons. The summed E-state index contributed by atoms with van der Waals surface area (Å²) in [6.07, 6.45) is 1.76. The Bertz CT molecular complexity index is 704. The Labute approximate surface area is 135 Å². The summed E-state index contributed by atoms with van der Waals surface area (Å²) in [6.45, 7) is 9.27. The molecule has 1 saturated heterocycles. The lowest BCUT2D eigenvalue weighted by molar-refractivity contribution is -0.00423. The lowest BCUT2D eigenvalue weighted by Gasteiger charge is -2.35. The summed E-state index contributed by atoms with van der Waals surface area (Å²) in [4.78, 5) is 15.0. The number of morpholine rings is 1. The van der Waals surface area contributed by atoms with Crippen LogP contribution in [0.25, 0.3) is 0 Å². The first-order valence-corrected chi connectivity index (χ1v) is 7.85. The van der Waals surface area contributed by atoms with E-state index in [1.54, 1.807) is 13.1 Å². The normalized spacial score (nSPS) is 18.7. The second-order valence-corrected chi connectivity index (χ2v) is 6.21. The molecule has 0 aliphatic carbocycles. The van der Waals surface area contributed by atoms with Crippen molar-refractivity contribution in [3.63, 3.8) is 0 Å². The smallest absolute Gasteiger partial charge is 0.260 e. The van der Waals surface area contributed by atoms with Crippen molar-refractivity contribution in [3.8, 4) is 0 Å². The molecule has 1 atom stereocenters. The van der Waals surface area contributed by atoms with Gasteiger partial charge in [0, 0.05) is 6.54 Å². The predicted octanol–water partition coefficient (Wildman–Crippen LogP) is 2.35. The van der Waals surface area contributed by atoms with Crippen LogP contribution in [0.2, 0.25) is 0 Å². The highest BCUT2D eigenvalue weighted by Gasteiger charge is 2.34. The average Bonchev–Trinajstić information content (AvgIpc) is 3.12. The number of carbonyl (C=O) groups is 1. The van der Waals surface area contributed by atoms with E-state index in [1.165, 1.54) is 0 Å². The Morgan fingerprint density at radius 2 is 2.22 bits per heavy atom. The fraction of sp³-hybridized carbons (Fsp3) is 0.562. The second-order valence-electron chi connectivity index (χ2n) is 6.21. The van der Waals surface area contributed by atoms with Crippen molar-refractivity contribution in [1.82, 2.24) is 20.3 Å². The van der Waals surface area contributed by atoms with Gasteiger partial charge in [-0.25, -0.2) is 0 Å². The van der Waals surface area contributed by atoms with E-state index in [9.17, 15) is 4.79 Å². The molecule has 2 aromatic rings. The van der Waals surface area contributed by atoms with Gasteiger partial charge in [-0.15, -0.1) is 0 Å². The maximum absolute atomic E-state index is 13.2. The topological polar surface area (TPSA) is 84.2 Å². The number of hydrogen-bond donors (Lipinski definition) is 1. The van der Waals surface area contributed by atoms with Gasteiger partial charge >= 0.3 is 0 Å². The van der Waals surface area contributed by atoms with Crippen molar-refractivity contribution in [2.24, 2.45) is 0 Å². The lowest BCUT2D eigenvalue weighted by atomic mass is 10.0. The van der Waals surface area contributed by atoms with Gasteiger partial charge in [0.15, 0.2) is 0 Å². The minimum atomic E-state index is -0.173. The first kappa shape index (κ1) is 15.7. The maximum Gasteiger partial charge on any atom is 0.260 e. The van der Waals surface area contributed by atoms with Crippen molar-refractivity contribution < 1.29 is 14.1 Å². The van der Waals surface area contributed by atoms with Crippen LogP contribution in [0.4, 0.5) is 0 Å². The molecule has 1 unspecified atom stereocenters. The van der Waals surface area contributed by atoms with Crippen LogP contribution in [0, 0.1) is 13.8 Å². The first-order chi connectivity index (χ1) is 11.0. The number of aromatic nitrogens is 3. The van der Waals surface area contributed by atoms with Gasteiger partial charge in [-0.3, -0.25) is 9.89 Å². The highest BCUT2D eigenvalue weighted by Crippen LogP contribution is 2.30. The van der Waals surface area contributed by atoms with Gasteiger partial charge in [0.2, 0.25) is 0 Å². The zero-order chi connectivity index (χ0) is 16.6. The molecule has 124 valence electrons. The molecule has 1 aliphatic heterocycles. The van der Waals surface area contributed by atoms with Crippen molar-refractivity contribution in [2.45, 2.75) is 39.7 Å². The van der Waals surface area contributed by atoms with E-state index in [0.717, 1.165) is 11.3 Å². The number of nitrogens with zero attached hydrogens (tertiary/aromatic N) is 3. The Hall–Kier alpha value is -2.15. The quantitative estimate of drug-likeness (QED) is 0.939. The number of aryl methyl sites for hydroxylation is 2. The lowest BCUT2D eigenvalue weighted by Crippen LogP contribution is -2.44. The number of ether oxygens (including phenoxy) is 1. The summed E-state index contributed by atoms with van der Waals surface area (Å²) < 4.78 is 10.9. The van der Waals surface area contributed by atoms with E-state index in [2.05, 4.69) is 15.4 Å². The Morgan fingerprint density at radius 1 is 1.43 bits per heavy atom. The monoisotopic (exact) mass is 318 g/mol. The number of nitrogens with one attached hydrogen (secondary N) is 1. The number of amides is 1. The maximum atomic E-state index is 13.2. The van der Waals surface area contributed by atoms with Gasteiger partial charge in [0.25, 0.3) is 5.91 Å². The van der Waals surface area contributed by atoms with E-state index in [1.807, 2.05) is 25.7 Å². The summed E-state index contributed by atoms with van der Waals surface area (Å²) in [6, 6.07) is -0.173. The third-order valence-corrected chi connectivity index (χ3v) is 4.24. The highest BCUT2D eigenvalue weighted by molar-refractivity contribution is 5.96. The first-order valence-electron chi connectivity index (χ1n) is 7.85. The van der Waals surface area contributed by atoms with Gasteiger partial charge in [-0.2, -0.15) is 5.10 Å². The summed E-state index contributed by atoms with van der Waals surface area (Å²) in [5, 5.41) is 11.1. The molecule has 1 fully saturated rings. The minimum absolute atomic E-state index is 0.0604. The second kappa shape index (κ2) is 6.16. The molecule has 0 spiro atoms. The molecule has 0 bridgehead atoms. The molecule has 23 heavy (non-hydrogen) atoms. The molecule has 1 N–H and O–H groups in total. The van der Waals surface area contributed by atoms with Crippen LogP contribution in [0.15, 0.2) is 10.7 Å². The van der Waals surface area contributed by atoms with Gasteiger partial charge in [-0.05, 0) is 25.3 Å². The SMILES string of the molecule is Cc1cn[nH]c1C1COCCN1C(=O)c1c(C(C)C)noc1C. The van der Waals surface area contributed by atoms with Crippen molar-refractivity contribution in [2.75, 3.05) is 19.8 Å². The number of carbonyl (C=O) groups excluding carboxylic acids is 1. The van der Waals surface area contributed by atoms with Crippen LogP contribution in [0.3, 0.4) is 0 Å². The number of rotatable bonds is 3. The van der Waals surface area contributed by atoms with Crippen LogP contribution >= 0.6 is 0 Å². The molecule has 2 aromatic heterocycles. The van der Waals surface area contributed by atoms with Gasteiger partial charge in [-0.1, -0.05) is 19.0 Å². The standard InChI is InChI=1S/C16H22N4O3/c1-9(2)14-13(11(4)23-19-14)16(21)20-5-6-22-8-12(20)15-10(3)7-17-18-15/h7,9,12H,5-6,8H2,1-4H3,(H,17,18). The molecule has 0 aromatic carbocycles. The Kier molecular flexibility index (Phi) is 4.21. The van der Waals surface area contributed by atoms with Crippen LogP contribution in [0.5, 0.6) is 0 Å². The summed E-state index contributed by atoms with van der Waals surface area (Å²) >= 11 is 0. The molecular weight excluding hydrogens is 296 g/mol. The van der Waals surface area contributed by atoms with Crippen LogP contribution in [-0.2, 0) is 4.74 Å². The van der Waals surface area contributed by atoms with Gasteiger partial charge < -0.3 is 14.2 Å². The van der Waals surface area contributed by atoms with E-state index in [4.69, 9.17) is 9.26 Å². The summed E-state index contributed by atoms with van der Waals surface area (Å²) in [7, 11) is 0. The van der Waals surface area contributed by atoms with Crippen LogP contribution in [-0.4, -0.2) is 45.9 Å². The average molecular weight is 318 g/mol. The fourth-order valence-electron chi connectivity index (χ4n) is 2.97. The highest BCUT2D eigenvalue weighted by atomic mass is 16.5. The summed E-state index contributed by atoms with van der Waals surface area (Å²) in [5.41, 5.74) is 3.21. The molecule has 1 amide bonds. The summed E-state index contributed by atoms with van der Waals surface area (Å²) in [5.74, 6) is 0.625. The van der Waals surface area contributed by atoms with E-state index >= 15 is 0 Å². The predicted molar refractivity (Wildman–Crippen MR) is 83.3 cm³/mol. The van der Waals surface area contributed by atoms with Crippen molar-refractivity contribution in [1.29, 1.82) is 0 Å². The van der Waals surface area contributed by atoms with Gasteiger partial charge in [0.05, 0.1) is 36.8 Å². The number of hydrogen-bond acceptors (Lipinski definition) is 5. The number of H-pyrrole nitrogens is 1. The van der Waals surface area contributed by atoms with Crippen LogP contribution < -0.4 is 0 Å². The molecular formula is C16H22N4O3. The van der Waals surface area contributed by atoms with Crippen LogP contribution in [0.1, 0.15) is 58.9 Å². The Balaban J connectivity index is 1.97. The van der Waals surface area contributed by atoms with Gasteiger partial charge in [0.1, 0.15) is 11.3 Å². The van der Waals surface area contributed by atoms with Crippen molar-refractivity contribution >= 4 is 5.91 Å². The molecule has 3 rings (SSSR count). The number of aromatic amines is 1. The molecule has 0 saturated carbocycles. The third kappa shape index (κ3) is 2.76. The molecule has 3 heterocycles. The zero-order valence-electron chi connectivity index (χ0n) is 13.9. The zero-order valence-corrected chi connectivity index (χ0v) is 13.9. The van der Waals surface area contributed by atoms with E-state index < -0.39 is 0 Å². The minimum Gasteiger partial charge on any atom is -0.377 e. The fourth-order valence-corrected chi connectivity index (χ4v) is 2.97. The van der Waals surface area contributed by atoms with E-state index in [0.29, 0.717) is 36.8 Å². The van der Waals surface area contributed by atoms with Crippen molar-refractivity contribution in [3.05, 3.63) is 34.5 Å². The molecule has 7 nitrogen and oxygen atoms in total. The third-order valence-electron chi connectivity index (χ3n) is 4.24. The Morgan fingerprint density at radius 3 is 2.87 bits per heavy atom. The molecule has 1 aliphatic rings. The largest absolute Gasteiger partial charge is 0.377 e. The van der Waals surface area contributed by atoms with E-state index in [-0.39, 0.29) is 17.9 Å².